The van der Waals surface area contributed by atoms with Crippen molar-refractivity contribution in [1.82, 2.24) is 25.1 Å². The average Bonchev–Trinajstić information content (AvgIpc) is 3.43. The van der Waals surface area contributed by atoms with Crippen molar-refractivity contribution in [2.75, 3.05) is 13.4 Å². The fraction of sp³-hybridized carbons (Fsp3) is 0.250. The molecule has 9 nitrogen and oxygen atoms in total. The van der Waals surface area contributed by atoms with E-state index in [0.29, 0.717) is 28.4 Å². The lowest BCUT2D eigenvalue weighted by atomic mass is 10.1. The molecule has 1 aliphatic rings. The number of ether oxygens (including phenoxy) is 3. The van der Waals surface area contributed by atoms with Crippen molar-refractivity contribution in [2.45, 2.75) is 26.8 Å². The number of carbonyl (C=O) groups excluding carboxylic acids is 1. The highest BCUT2D eigenvalue weighted by Crippen LogP contribution is 2.34. The summed E-state index contributed by atoms with van der Waals surface area (Å²) in [5, 5.41) is 8.02. The van der Waals surface area contributed by atoms with E-state index in [1.54, 1.807) is 10.9 Å². The van der Waals surface area contributed by atoms with E-state index in [1.165, 1.54) is 6.33 Å². The average molecular weight is 445 g/mol. The van der Waals surface area contributed by atoms with Crippen molar-refractivity contribution in [1.29, 1.82) is 0 Å². The van der Waals surface area contributed by atoms with E-state index < -0.39 is 0 Å². The zero-order valence-corrected chi connectivity index (χ0v) is 18.5. The molecule has 0 bridgehead atoms. The number of fused-ring (bicyclic) bond motifs is 2. The van der Waals surface area contributed by atoms with Crippen LogP contribution in [-0.4, -0.2) is 39.1 Å². The third-order valence-corrected chi connectivity index (χ3v) is 5.39. The molecular formula is C24H23N5O4. The van der Waals surface area contributed by atoms with Crippen LogP contribution in [0.5, 0.6) is 17.4 Å². The molecule has 1 N–H and O–H groups in total. The van der Waals surface area contributed by atoms with Gasteiger partial charge in [0.1, 0.15) is 11.7 Å². The van der Waals surface area contributed by atoms with Gasteiger partial charge < -0.3 is 19.5 Å². The summed E-state index contributed by atoms with van der Waals surface area (Å²) in [4.78, 5) is 21.1. The van der Waals surface area contributed by atoms with Gasteiger partial charge in [-0.1, -0.05) is 12.1 Å². The van der Waals surface area contributed by atoms with Crippen molar-refractivity contribution in [3.63, 3.8) is 0 Å². The third-order valence-electron chi connectivity index (χ3n) is 5.39. The maximum Gasteiger partial charge on any atom is 0.258 e. The Balaban J connectivity index is 1.28. The lowest BCUT2D eigenvalue weighted by molar-refractivity contribution is -0.123. The normalized spacial score (nSPS) is 13.2. The van der Waals surface area contributed by atoms with Crippen molar-refractivity contribution in [3.05, 3.63) is 65.6 Å². The van der Waals surface area contributed by atoms with E-state index in [9.17, 15) is 4.79 Å². The summed E-state index contributed by atoms with van der Waals surface area (Å²) in [5.41, 5.74) is 4.69. The van der Waals surface area contributed by atoms with Gasteiger partial charge in [-0.2, -0.15) is 5.10 Å². The molecule has 33 heavy (non-hydrogen) atoms. The van der Waals surface area contributed by atoms with Crippen LogP contribution < -0.4 is 19.5 Å². The van der Waals surface area contributed by atoms with Crippen LogP contribution >= 0.6 is 0 Å². The van der Waals surface area contributed by atoms with Crippen molar-refractivity contribution in [3.8, 4) is 23.1 Å². The second kappa shape index (κ2) is 8.42. The van der Waals surface area contributed by atoms with Gasteiger partial charge in [-0.05, 0) is 61.7 Å². The predicted molar refractivity (Wildman–Crippen MR) is 121 cm³/mol. The van der Waals surface area contributed by atoms with E-state index in [1.807, 2.05) is 51.1 Å². The molecule has 0 saturated heterocycles. The van der Waals surface area contributed by atoms with Crippen LogP contribution in [0.2, 0.25) is 0 Å². The molecular weight excluding hydrogens is 422 g/mol. The number of nitrogens with one attached hydrogen (secondary N) is 1. The standard InChI is InChI=1S/C24H23N5O4/c1-14-6-15(2)8-18(7-14)29-23-19(10-27-29)24(26-12-25-23)31-11-22(30)28-16(3)17-4-5-20-21(9-17)33-13-32-20/h4-10,12,16H,11,13H2,1-3H3,(H,28,30). The lowest BCUT2D eigenvalue weighted by Crippen LogP contribution is -2.31. The van der Waals surface area contributed by atoms with Crippen molar-refractivity contribution < 1.29 is 19.0 Å². The molecule has 168 valence electrons. The molecule has 1 unspecified atom stereocenters. The van der Waals surface area contributed by atoms with Gasteiger partial charge in [0.25, 0.3) is 5.91 Å². The summed E-state index contributed by atoms with van der Waals surface area (Å²) in [7, 11) is 0. The zero-order chi connectivity index (χ0) is 22.9. The first-order valence-corrected chi connectivity index (χ1v) is 10.6. The van der Waals surface area contributed by atoms with Gasteiger partial charge in [-0.3, -0.25) is 4.79 Å². The molecule has 0 fully saturated rings. The van der Waals surface area contributed by atoms with E-state index in [0.717, 1.165) is 22.4 Å². The Morgan fingerprint density at radius 2 is 1.91 bits per heavy atom. The number of rotatable bonds is 6. The van der Waals surface area contributed by atoms with Crippen molar-refractivity contribution >= 4 is 16.9 Å². The molecule has 5 rings (SSSR count). The first-order chi connectivity index (χ1) is 16.0. The fourth-order valence-electron chi connectivity index (χ4n) is 3.88. The SMILES string of the molecule is Cc1cc(C)cc(-n2ncc3c(OCC(=O)NC(C)c4ccc5c(c4)OCO5)ncnc32)c1. The Labute approximate surface area is 190 Å². The topological polar surface area (TPSA) is 100 Å². The van der Waals surface area contributed by atoms with Crippen molar-refractivity contribution in [2.24, 2.45) is 0 Å². The molecule has 1 aliphatic heterocycles. The predicted octanol–water partition coefficient (Wildman–Crippen LogP) is 3.42. The van der Waals surface area contributed by atoms with E-state index >= 15 is 0 Å². The summed E-state index contributed by atoms with van der Waals surface area (Å²) < 4.78 is 18.2. The second-order valence-corrected chi connectivity index (χ2v) is 8.01. The largest absolute Gasteiger partial charge is 0.467 e. The van der Waals surface area contributed by atoms with E-state index in [-0.39, 0.29) is 25.3 Å². The van der Waals surface area contributed by atoms with Crippen LogP contribution in [0.15, 0.2) is 48.9 Å². The molecule has 2 aromatic heterocycles. The molecule has 0 spiro atoms. The number of benzene rings is 2. The second-order valence-electron chi connectivity index (χ2n) is 8.01. The highest BCUT2D eigenvalue weighted by atomic mass is 16.7. The van der Waals surface area contributed by atoms with Gasteiger partial charge in [-0.25, -0.2) is 14.6 Å². The number of amides is 1. The summed E-state index contributed by atoms with van der Waals surface area (Å²) >= 11 is 0. The maximum atomic E-state index is 12.5. The smallest absolute Gasteiger partial charge is 0.258 e. The molecule has 9 heteroatoms. The number of hydrogen-bond donors (Lipinski definition) is 1. The Bertz CT molecular complexity index is 1330. The van der Waals surface area contributed by atoms with Gasteiger partial charge in [0.05, 0.1) is 17.9 Å². The quantitative estimate of drug-likeness (QED) is 0.485. The first kappa shape index (κ1) is 20.7. The summed E-state index contributed by atoms with van der Waals surface area (Å²) in [6.07, 6.45) is 3.06. The lowest BCUT2D eigenvalue weighted by Gasteiger charge is -2.15. The highest BCUT2D eigenvalue weighted by molar-refractivity contribution is 5.82. The van der Waals surface area contributed by atoms with Crippen LogP contribution in [0.1, 0.15) is 29.7 Å². The molecule has 0 saturated carbocycles. The summed E-state index contributed by atoms with van der Waals surface area (Å²) in [5.74, 6) is 1.42. The van der Waals surface area contributed by atoms with E-state index in [4.69, 9.17) is 14.2 Å². The third kappa shape index (κ3) is 4.17. The van der Waals surface area contributed by atoms with Gasteiger partial charge in [-0.15, -0.1) is 0 Å². The molecule has 0 aliphatic carbocycles. The van der Waals surface area contributed by atoms with Gasteiger partial charge in [0.15, 0.2) is 23.8 Å². The number of aryl methyl sites for hydroxylation is 2. The number of carbonyl (C=O) groups is 1. The maximum absolute atomic E-state index is 12.5. The molecule has 0 radical (unpaired) electrons. The fourth-order valence-corrected chi connectivity index (χ4v) is 3.88. The summed E-state index contributed by atoms with van der Waals surface area (Å²) in [6, 6.07) is 11.5. The van der Waals surface area contributed by atoms with Gasteiger partial charge in [0.2, 0.25) is 12.7 Å². The Morgan fingerprint density at radius 3 is 2.73 bits per heavy atom. The zero-order valence-electron chi connectivity index (χ0n) is 18.5. The number of nitrogens with zero attached hydrogens (tertiary/aromatic N) is 4. The minimum Gasteiger partial charge on any atom is -0.467 e. The van der Waals surface area contributed by atoms with E-state index in [2.05, 4.69) is 26.4 Å². The number of hydrogen-bond acceptors (Lipinski definition) is 7. The molecule has 1 amide bonds. The summed E-state index contributed by atoms with van der Waals surface area (Å²) in [6.45, 7) is 5.99. The Kier molecular flexibility index (Phi) is 5.29. The van der Waals surface area contributed by atoms with Crippen LogP contribution in [0, 0.1) is 13.8 Å². The molecule has 4 aromatic rings. The van der Waals surface area contributed by atoms with Crippen LogP contribution in [0.3, 0.4) is 0 Å². The number of aromatic nitrogens is 4. The molecule has 3 heterocycles. The van der Waals surface area contributed by atoms with Gasteiger partial charge >= 0.3 is 0 Å². The minimum absolute atomic E-state index is 0.185. The van der Waals surface area contributed by atoms with Gasteiger partial charge in [0, 0.05) is 0 Å². The van der Waals surface area contributed by atoms with Crippen LogP contribution in [0.4, 0.5) is 0 Å². The Hall–Kier alpha value is -4.14. The minimum atomic E-state index is -0.270. The monoisotopic (exact) mass is 445 g/mol. The Morgan fingerprint density at radius 1 is 1.12 bits per heavy atom. The molecule has 2 aromatic carbocycles. The van der Waals surface area contributed by atoms with Crippen LogP contribution in [0.25, 0.3) is 16.7 Å². The van der Waals surface area contributed by atoms with Crippen LogP contribution in [-0.2, 0) is 4.79 Å². The highest BCUT2D eigenvalue weighted by Gasteiger charge is 2.18. The molecule has 1 atom stereocenters. The first-order valence-electron chi connectivity index (χ1n) is 10.6.